The number of pyridine rings is 2. The van der Waals surface area contributed by atoms with Gasteiger partial charge in [0.2, 0.25) is 5.91 Å². The van der Waals surface area contributed by atoms with E-state index >= 15 is 0 Å². The van der Waals surface area contributed by atoms with E-state index in [0.717, 1.165) is 11.6 Å². The first-order valence-corrected chi connectivity index (χ1v) is 14.9. The van der Waals surface area contributed by atoms with Crippen molar-refractivity contribution in [2.24, 2.45) is 11.7 Å². The van der Waals surface area contributed by atoms with Crippen molar-refractivity contribution in [1.29, 1.82) is 0 Å². The number of aryl methyl sites for hydroxylation is 1. The summed E-state index contributed by atoms with van der Waals surface area (Å²) in [7, 11) is 0. The number of ether oxygens (including phenoxy) is 4. The van der Waals surface area contributed by atoms with Gasteiger partial charge in [-0.3, -0.25) is 14.6 Å². The molecule has 2 aliphatic heterocycles. The van der Waals surface area contributed by atoms with E-state index in [2.05, 4.69) is 24.5 Å². The van der Waals surface area contributed by atoms with E-state index < -0.39 is 35.7 Å². The van der Waals surface area contributed by atoms with Crippen molar-refractivity contribution in [3.8, 4) is 34.3 Å². The Balaban J connectivity index is 1.27. The molecule has 4 aromatic rings. The minimum absolute atomic E-state index is 0.0156. The highest BCUT2D eigenvalue weighted by atomic mass is 19.3. The minimum atomic E-state index is -3.86. The van der Waals surface area contributed by atoms with Gasteiger partial charge in [-0.05, 0) is 80.6 Å². The number of rotatable bonds is 9. The highest BCUT2D eigenvalue weighted by Crippen LogP contribution is 2.51. The summed E-state index contributed by atoms with van der Waals surface area (Å²) in [5, 5.41) is 15.3. The molecular formula is C33H28F4N4O7. The summed E-state index contributed by atoms with van der Waals surface area (Å²) in [6, 6.07) is 9.79. The fourth-order valence-corrected chi connectivity index (χ4v) is 6.07. The molecule has 0 radical (unpaired) electrons. The Morgan fingerprint density at radius 1 is 1.15 bits per heavy atom. The maximum absolute atomic E-state index is 13.8. The summed E-state index contributed by atoms with van der Waals surface area (Å²) in [6.07, 6.45) is -1.22. The number of amides is 2. The number of benzene rings is 2. The highest BCUT2D eigenvalue weighted by molar-refractivity contribution is 6.00. The number of nitrogens with two attached hydrogens (primary N) is 1. The second-order valence-electron chi connectivity index (χ2n) is 12.4. The van der Waals surface area contributed by atoms with Gasteiger partial charge in [-0.25, -0.2) is 4.98 Å². The summed E-state index contributed by atoms with van der Waals surface area (Å²) in [6.45, 7) is -0.337. The Morgan fingerprint density at radius 3 is 2.60 bits per heavy atom. The number of carbonyl (C=O) groups is 2. The number of hydrogen-bond donors (Lipinski definition) is 3. The zero-order valence-corrected chi connectivity index (χ0v) is 25.5. The second-order valence-corrected chi connectivity index (χ2v) is 12.4. The molecular weight excluding hydrogens is 640 g/mol. The maximum Gasteiger partial charge on any atom is 0.586 e. The average Bonchev–Trinajstić information content (AvgIpc) is 3.76. The average molecular weight is 669 g/mol. The van der Waals surface area contributed by atoms with Crippen LogP contribution in [0.15, 0.2) is 48.7 Å². The third-order valence-corrected chi connectivity index (χ3v) is 8.87. The Kier molecular flexibility index (Phi) is 7.16. The number of halogens is 4. The van der Waals surface area contributed by atoms with Crippen LogP contribution in [0.25, 0.3) is 22.2 Å². The zero-order valence-electron chi connectivity index (χ0n) is 25.5. The summed E-state index contributed by atoms with van der Waals surface area (Å²) in [5.41, 5.74) is 4.28. The highest BCUT2D eigenvalue weighted by Gasteiger charge is 2.50. The van der Waals surface area contributed by atoms with Gasteiger partial charge in [0.05, 0.1) is 12.2 Å². The Bertz CT molecular complexity index is 2010. The molecule has 4 N–H and O–H groups in total. The van der Waals surface area contributed by atoms with Crippen LogP contribution >= 0.6 is 0 Å². The zero-order chi connectivity index (χ0) is 34.2. The number of aliphatic hydroxyl groups is 1. The van der Waals surface area contributed by atoms with Gasteiger partial charge >= 0.3 is 12.9 Å². The molecule has 0 bridgehead atoms. The van der Waals surface area contributed by atoms with E-state index in [4.69, 9.17) is 15.5 Å². The van der Waals surface area contributed by atoms with Crippen molar-refractivity contribution in [3.63, 3.8) is 0 Å². The molecule has 48 heavy (non-hydrogen) atoms. The summed E-state index contributed by atoms with van der Waals surface area (Å²) < 4.78 is 73.7. The number of alkyl halides is 4. The van der Waals surface area contributed by atoms with Crippen LogP contribution in [0.4, 0.5) is 17.6 Å². The number of carbonyl (C=O) groups excluding carboxylic acids is 2. The Morgan fingerprint density at radius 2 is 1.90 bits per heavy atom. The molecule has 3 aliphatic rings. The SMILES string of the molecule is Cc1cnc2c(OC(F)F)cc(C(=O)NCC(O)(c3cc4c(c(-c5ccc6c(c5)OC(F)(F)O6)n3)OC[C@]4(C)C(N)=O)C3CC3)cc2c1. The molecule has 2 aromatic heterocycles. The summed E-state index contributed by atoms with van der Waals surface area (Å²) in [5.74, 6) is -2.34. The molecule has 2 aromatic carbocycles. The van der Waals surface area contributed by atoms with E-state index in [9.17, 15) is 32.3 Å². The largest absolute Gasteiger partial charge is 0.586 e. The van der Waals surface area contributed by atoms with Crippen molar-refractivity contribution in [3.05, 3.63) is 71.0 Å². The van der Waals surface area contributed by atoms with Gasteiger partial charge in [-0.2, -0.15) is 8.78 Å². The molecule has 15 heteroatoms. The van der Waals surface area contributed by atoms with Gasteiger partial charge in [0.25, 0.3) is 5.91 Å². The first kappa shape index (κ1) is 31.4. The van der Waals surface area contributed by atoms with E-state index in [1.54, 1.807) is 19.9 Å². The smallest absolute Gasteiger partial charge is 0.489 e. The van der Waals surface area contributed by atoms with Crippen molar-refractivity contribution < 1.29 is 51.2 Å². The molecule has 1 unspecified atom stereocenters. The van der Waals surface area contributed by atoms with Crippen molar-refractivity contribution >= 4 is 22.7 Å². The third kappa shape index (κ3) is 5.37. The van der Waals surface area contributed by atoms with Crippen LogP contribution in [0, 0.1) is 12.8 Å². The quantitative estimate of drug-likeness (QED) is 0.216. The molecule has 2 amide bonds. The fraction of sp³-hybridized carbons (Fsp3) is 0.333. The first-order valence-electron chi connectivity index (χ1n) is 14.9. The van der Waals surface area contributed by atoms with Gasteiger partial charge in [0, 0.05) is 28.3 Å². The lowest BCUT2D eigenvalue weighted by Crippen LogP contribution is -2.44. The van der Waals surface area contributed by atoms with Crippen LogP contribution in [0.3, 0.4) is 0 Å². The van der Waals surface area contributed by atoms with E-state index in [1.807, 2.05) is 0 Å². The lowest BCUT2D eigenvalue weighted by molar-refractivity contribution is -0.286. The number of nitrogens with zero attached hydrogens (tertiary/aromatic N) is 2. The molecule has 1 saturated carbocycles. The third-order valence-electron chi connectivity index (χ3n) is 8.87. The predicted octanol–water partition coefficient (Wildman–Crippen LogP) is 4.69. The molecule has 0 spiro atoms. The molecule has 4 heterocycles. The number of aromatic nitrogens is 2. The van der Waals surface area contributed by atoms with Crippen LogP contribution in [-0.2, 0) is 15.8 Å². The fourth-order valence-electron chi connectivity index (χ4n) is 6.07. The first-order chi connectivity index (χ1) is 22.7. The van der Waals surface area contributed by atoms with E-state index in [-0.39, 0.29) is 70.1 Å². The van der Waals surface area contributed by atoms with Crippen LogP contribution in [0.5, 0.6) is 23.0 Å². The number of fused-ring (bicyclic) bond motifs is 3. The topological polar surface area (TPSA) is 155 Å². The van der Waals surface area contributed by atoms with Crippen molar-refractivity contribution in [2.75, 3.05) is 13.2 Å². The van der Waals surface area contributed by atoms with Crippen molar-refractivity contribution in [1.82, 2.24) is 15.3 Å². The van der Waals surface area contributed by atoms with Crippen LogP contribution in [-0.4, -0.2) is 52.9 Å². The van der Waals surface area contributed by atoms with Crippen LogP contribution in [0.2, 0.25) is 0 Å². The molecule has 11 nitrogen and oxygen atoms in total. The molecule has 2 atom stereocenters. The second kappa shape index (κ2) is 10.9. The maximum atomic E-state index is 13.8. The molecule has 0 saturated heterocycles. The van der Waals surface area contributed by atoms with Gasteiger partial charge in [0.15, 0.2) is 17.2 Å². The molecule has 250 valence electrons. The van der Waals surface area contributed by atoms with Gasteiger partial charge < -0.3 is 35.1 Å². The van der Waals surface area contributed by atoms with Crippen LogP contribution in [0.1, 0.15) is 46.9 Å². The molecule has 1 aliphatic carbocycles. The Labute approximate surface area is 270 Å². The Hall–Kier alpha value is -5.18. The number of hydrogen-bond acceptors (Lipinski definition) is 9. The van der Waals surface area contributed by atoms with E-state index in [1.165, 1.54) is 36.5 Å². The molecule has 1 fully saturated rings. The summed E-state index contributed by atoms with van der Waals surface area (Å²) >= 11 is 0. The lowest BCUT2D eigenvalue weighted by Gasteiger charge is -2.30. The minimum Gasteiger partial charge on any atom is -0.489 e. The van der Waals surface area contributed by atoms with Crippen LogP contribution < -0.4 is 30.0 Å². The predicted molar refractivity (Wildman–Crippen MR) is 160 cm³/mol. The van der Waals surface area contributed by atoms with Gasteiger partial charge in [-0.1, -0.05) is 0 Å². The lowest BCUT2D eigenvalue weighted by atomic mass is 9.81. The van der Waals surface area contributed by atoms with Gasteiger partial charge in [-0.15, -0.1) is 8.78 Å². The number of primary amides is 1. The standard InChI is InChI=1S/C33H28F4N4O7/c1-15-7-17-8-18(10-23(46-30(34)35)25(17)39-12-15)28(42)40-13-32(44,19-4-5-19)24-11-20-27(45-14-31(20,2)29(38)43)26(41-24)16-3-6-21-22(9-16)48-33(36,37)47-21/h3,6-12,19,30,44H,4-5,13-14H2,1-2H3,(H2,38,43)(H,40,42)/t31-,32?/m0/s1. The normalized spacial score (nSPS) is 20.2. The van der Waals surface area contributed by atoms with Gasteiger partial charge in [0.1, 0.15) is 34.6 Å². The monoisotopic (exact) mass is 668 g/mol. The summed E-state index contributed by atoms with van der Waals surface area (Å²) in [4.78, 5) is 35.0. The van der Waals surface area contributed by atoms with Crippen molar-refractivity contribution in [2.45, 2.75) is 50.6 Å². The van der Waals surface area contributed by atoms with E-state index in [0.29, 0.717) is 23.8 Å². The number of nitrogens with one attached hydrogen (secondary N) is 1. The molecule has 7 rings (SSSR count).